The van der Waals surface area contributed by atoms with Gasteiger partial charge >= 0.3 is 12.0 Å². The van der Waals surface area contributed by atoms with Crippen LogP contribution in [0.5, 0.6) is 0 Å². The molecule has 0 spiro atoms. The van der Waals surface area contributed by atoms with Crippen molar-refractivity contribution in [3.05, 3.63) is 0 Å². The monoisotopic (exact) mass is 427 g/mol. The number of carbonyl (C=O) groups excluding carboxylic acids is 3. The fourth-order valence-electron chi connectivity index (χ4n) is 4.76. The van der Waals surface area contributed by atoms with Crippen molar-refractivity contribution >= 4 is 23.8 Å². The molecular weight excluding hydrogens is 398 g/mol. The number of nitrogens with zero attached hydrogens (tertiary/aromatic N) is 2. The Balaban J connectivity index is 1.91. The first-order chi connectivity index (χ1) is 14.2. The molecule has 11 nitrogen and oxygen atoms in total. The van der Waals surface area contributed by atoms with Gasteiger partial charge in [0.25, 0.3) is 0 Å². The minimum atomic E-state index is -1.76. The van der Waals surface area contributed by atoms with Gasteiger partial charge in [-0.05, 0) is 51.4 Å². The van der Waals surface area contributed by atoms with Crippen LogP contribution in [0.4, 0.5) is 4.79 Å². The Bertz CT molecular complexity index is 701. The second-order valence-electron chi connectivity index (χ2n) is 8.35. The topological polar surface area (TPSA) is 168 Å². The molecule has 0 radical (unpaired) electrons. The molecule has 4 amide bonds. The SMILES string of the molecule is O=C(O)CNC(=O)C1C(=O)N([C@H]2CCC[C@@H](O)C2)C(=O)N([C@H]2CCC[C@@H](O)C2)C1O. The lowest BCUT2D eigenvalue weighted by molar-refractivity contribution is -0.164. The minimum Gasteiger partial charge on any atom is -0.480 e. The van der Waals surface area contributed by atoms with E-state index in [9.17, 15) is 34.5 Å². The molecule has 0 bridgehead atoms. The molecule has 30 heavy (non-hydrogen) atoms. The molecule has 3 rings (SSSR count). The number of rotatable bonds is 5. The van der Waals surface area contributed by atoms with Crippen LogP contribution in [0.3, 0.4) is 0 Å². The van der Waals surface area contributed by atoms with Crippen molar-refractivity contribution < 1.29 is 39.6 Å². The van der Waals surface area contributed by atoms with Crippen molar-refractivity contribution in [2.75, 3.05) is 6.54 Å². The summed E-state index contributed by atoms with van der Waals surface area (Å²) in [4.78, 5) is 51.8. The Labute approximate surface area is 173 Å². The molecule has 0 aromatic rings. The zero-order valence-electron chi connectivity index (χ0n) is 16.6. The number of hydrogen-bond acceptors (Lipinski definition) is 7. The van der Waals surface area contributed by atoms with Gasteiger partial charge in [-0.3, -0.25) is 24.2 Å². The molecule has 1 heterocycles. The van der Waals surface area contributed by atoms with Crippen LogP contribution >= 0.6 is 0 Å². The van der Waals surface area contributed by atoms with Gasteiger partial charge in [0.1, 0.15) is 6.54 Å². The minimum absolute atomic E-state index is 0.179. The van der Waals surface area contributed by atoms with Gasteiger partial charge in [-0.2, -0.15) is 0 Å². The number of carboxylic acids is 1. The van der Waals surface area contributed by atoms with E-state index in [-0.39, 0.29) is 12.8 Å². The van der Waals surface area contributed by atoms with E-state index in [0.717, 1.165) is 9.80 Å². The van der Waals surface area contributed by atoms with Crippen LogP contribution in [0.2, 0.25) is 0 Å². The first-order valence-corrected chi connectivity index (χ1v) is 10.4. The lowest BCUT2D eigenvalue weighted by Crippen LogP contribution is -2.69. The zero-order valence-corrected chi connectivity index (χ0v) is 16.6. The maximum Gasteiger partial charge on any atom is 0.329 e. The number of nitrogens with one attached hydrogen (secondary N) is 1. The standard InChI is InChI=1S/C19H29N3O8/c23-12-5-1-3-10(7-12)21-17(28)15(16(27)20-9-14(25)26)18(29)22(19(21)30)11-4-2-6-13(24)8-11/h10-13,15,17,23-24,28H,1-9H2,(H,20,27)(H,25,26)/t10-,11-,12+,13+,15?,17?/m0/s1. The smallest absolute Gasteiger partial charge is 0.329 e. The molecule has 11 heteroatoms. The summed E-state index contributed by atoms with van der Waals surface area (Å²) in [6, 6.07) is -1.92. The van der Waals surface area contributed by atoms with E-state index in [1.807, 2.05) is 0 Å². The number of imide groups is 1. The molecule has 168 valence electrons. The van der Waals surface area contributed by atoms with Crippen LogP contribution in [0.1, 0.15) is 51.4 Å². The number of carbonyl (C=O) groups is 4. The van der Waals surface area contributed by atoms with Gasteiger partial charge in [-0.15, -0.1) is 0 Å². The normalized spacial score (nSPS) is 35.3. The lowest BCUT2D eigenvalue weighted by atomic mass is 9.87. The van der Waals surface area contributed by atoms with E-state index in [1.54, 1.807) is 0 Å². The number of carboxylic acid groups (broad SMARTS) is 1. The Hall–Kier alpha value is -2.24. The summed E-state index contributed by atoms with van der Waals surface area (Å²) >= 11 is 0. The summed E-state index contributed by atoms with van der Waals surface area (Å²) in [5.74, 6) is -4.87. The predicted octanol–water partition coefficient (Wildman–Crippen LogP) is -1.01. The van der Waals surface area contributed by atoms with Crippen LogP contribution < -0.4 is 5.32 Å². The Morgan fingerprint density at radius 3 is 2.07 bits per heavy atom. The van der Waals surface area contributed by atoms with Gasteiger partial charge in [0.2, 0.25) is 11.8 Å². The van der Waals surface area contributed by atoms with Crippen molar-refractivity contribution in [2.45, 2.75) is 81.9 Å². The molecule has 3 fully saturated rings. The molecule has 1 saturated heterocycles. The number of aliphatic hydroxyl groups excluding tert-OH is 3. The number of hydrogen-bond donors (Lipinski definition) is 5. The third-order valence-corrected chi connectivity index (χ3v) is 6.21. The average molecular weight is 427 g/mol. The molecule has 5 N–H and O–H groups in total. The average Bonchev–Trinajstić information content (AvgIpc) is 2.66. The van der Waals surface area contributed by atoms with Crippen molar-refractivity contribution in [3.8, 4) is 0 Å². The fraction of sp³-hybridized carbons (Fsp3) is 0.789. The Kier molecular flexibility index (Phi) is 6.94. The molecule has 2 saturated carbocycles. The molecule has 2 unspecified atom stereocenters. The highest BCUT2D eigenvalue weighted by molar-refractivity contribution is 6.09. The summed E-state index contributed by atoms with van der Waals surface area (Å²) in [6.07, 6.45) is 0.584. The van der Waals surface area contributed by atoms with E-state index in [0.29, 0.717) is 38.5 Å². The molecule has 3 aliphatic rings. The second-order valence-corrected chi connectivity index (χ2v) is 8.35. The van der Waals surface area contributed by atoms with Gasteiger partial charge in [0, 0.05) is 12.1 Å². The van der Waals surface area contributed by atoms with Gasteiger partial charge in [0.05, 0.1) is 12.2 Å². The van der Waals surface area contributed by atoms with E-state index in [2.05, 4.69) is 5.32 Å². The molecule has 0 aromatic carbocycles. The van der Waals surface area contributed by atoms with Gasteiger partial charge < -0.3 is 25.7 Å². The Morgan fingerprint density at radius 1 is 0.933 bits per heavy atom. The van der Waals surface area contributed by atoms with Crippen LogP contribution in [-0.2, 0) is 14.4 Å². The third-order valence-electron chi connectivity index (χ3n) is 6.21. The zero-order chi connectivity index (χ0) is 22.0. The maximum atomic E-state index is 13.3. The lowest BCUT2D eigenvalue weighted by Gasteiger charge is -2.49. The largest absolute Gasteiger partial charge is 0.480 e. The van der Waals surface area contributed by atoms with Gasteiger partial charge in [-0.1, -0.05) is 0 Å². The summed E-state index contributed by atoms with van der Waals surface area (Å²) in [7, 11) is 0. The molecular formula is C19H29N3O8. The summed E-state index contributed by atoms with van der Waals surface area (Å²) in [5, 5.41) is 41.8. The van der Waals surface area contributed by atoms with Crippen molar-refractivity contribution in [1.29, 1.82) is 0 Å². The van der Waals surface area contributed by atoms with Crippen LogP contribution in [0, 0.1) is 5.92 Å². The first-order valence-electron chi connectivity index (χ1n) is 10.4. The molecule has 6 atom stereocenters. The highest BCUT2D eigenvalue weighted by Crippen LogP contribution is 2.34. The maximum absolute atomic E-state index is 13.3. The van der Waals surface area contributed by atoms with Crippen molar-refractivity contribution in [3.63, 3.8) is 0 Å². The van der Waals surface area contributed by atoms with Crippen LogP contribution in [0.25, 0.3) is 0 Å². The van der Waals surface area contributed by atoms with E-state index in [1.165, 1.54) is 0 Å². The number of aliphatic hydroxyl groups is 3. The van der Waals surface area contributed by atoms with Crippen LogP contribution in [-0.4, -0.2) is 91.1 Å². The molecule has 2 aliphatic carbocycles. The molecule has 0 aromatic heterocycles. The molecule has 1 aliphatic heterocycles. The second kappa shape index (κ2) is 9.27. The van der Waals surface area contributed by atoms with E-state index >= 15 is 0 Å². The highest BCUT2D eigenvalue weighted by atomic mass is 16.4. The van der Waals surface area contributed by atoms with Crippen molar-refractivity contribution in [1.82, 2.24) is 15.1 Å². The third kappa shape index (κ3) is 4.57. The number of amides is 4. The fourth-order valence-corrected chi connectivity index (χ4v) is 4.76. The number of urea groups is 1. The first kappa shape index (κ1) is 22.4. The van der Waals surface area contributed by atoms with Gasteiger partial charge in [-0.25, -0.2) is 4.79 Å². The predicted molar refractivity (Wildman–Crippen MR) is 101 cm³/mol. The summed E-state index contributed by atoms with van der Waals surface area (Å²) in [5.41, 5.74) is 0. The number of aliphatic carboxylic acids is 1. The van der Waals surface area contributed by atoms with Crippen molar-refractivity contribution in [2.24, 2.45) is 5.92 Å². The van der Waals surface area contributed by atoms with Gasteiger partial charge in [0.15, 0.2) is 12.1 Å². The Morgan fingerprint density at radius 2 is 1.50 bits per heavy atom. The quantitative estimate of drug-likeness (QED) is 0.348. The van der Waals surface area contributed by atoms with Crippen LogP contribution in [0.15, 0.2) is 0 Å². The highest BCUT2D eigenvalue weighted by Gasteiger charge is 2.53. The summed E-state index contributed by atoms with van der Waals surface area (Å²) in [6.45, 7) is -0.729. The van der Waals surface area contributed by atoms with E-state index in [4.69, 9.17) is 5.11 Å². The summed E-state index contributed by atoms with van der Waals surface area (Å²) < 4.78 is 0. The van der Waals surface area contributed by atoms with E-state index < -0.39 is 66.8 Å².